The van der Waals surface area contributed by atoms with Crippen molar-refractivity contribution in [3.63, 3.8) is 0 Å². The van der Waals surface area contributed by atoms with Crippen molar-refractivity contribution in [2.75, 3.05) is 6.54 Å². The Morgan fingerprint density at radius 3 is 2.34 bits per heavy atom. The van der Waals surface area contributed by atoms with Gasteiger partial charge in [-0.15, -0.1) is 0 Å². The van der Waals surface area contributed by atoms with Crippen LogP contribution in [0.5, 0.6) is 5.75 Å². The summed E-state index contributed by atoms with van der Waals surface area (Å²) in [5, 5.41) is 19.1. The molecule has 7 nitrogen and oxygen atoms in total. The number of aliphatic hydroxyl groups excluding tert-OH is 1. The maximum Gasteiger partial charge on any atom is 0.322 e. The molecule has 1 heterocycles. The molecule has 2 atom stereocenters. The van der Waals surface area contributed by atoms with Gasteiger partial charge in [-0.05, 0) is 50.1 Å². The largest absolute Gasteiger partial charge is 0.489 e. The lowest BCUT2D eigenvalue weighted by Gasteiger charge is -2.34. The van der Waals surface area contributed by atoms with Crippen LogP contribution in [-0.2, 0) is 21.4 Å². The molecular weight excluding hydrogens is 394 g/mol. The molecule has 1 fully saturated rings. The summed E-state index contributed by atoms with van der Waals surface area (Å²) < 4.78 is 32.5. The number of nitrogens with zero attached hydrogens (tertiary/aromatic N) is 1. The molecule has 3 rings (SSSR count). The Kier molecular flexibility index (Phi) is 6.26. The highest BCUT2D eigenvalue weighted by Gasteiger charge is 2.40. The van der Waals surface area contributed by atoms with Gasteiger partial charge < -0.3 is 14.9 Å². The second kappa shape index (κ2) is 8.52. The Bertz CT molecular complexity index is 966. The summed E-state index contributed by atoms with van der Waals surface area (Å²) in [6, 6.07) is 10.8. The second-order valence-corrected chi connectivity index (χ2v) is 9.29. The fraction of sp³-hybridized carbons (Fsp3) is 0.381. The molecule has 0 aromatic heterocycles. The first-order valence-corrected chi connectivity index (χ1v) is 10.8. The monoisotopic (exact) mass is 419 g/mol. The van der Waals surface area contributed by atoms with Crippen LogP contribution in [-0.4, -0.2) is 47.6 Å². The number of rotatable bonds is 6. The van der Waals surface area contributed by atoms with Crippen LogP contribution in [0.25, 0.3) is 0 Å². The number of hydrogen-bond donors (Lipinski definition) is 2. The Morgan fingerprint density at radius 2 is 1.76 bits per heavy atom. The van der Waals surface area contributed by atoms with Gasteiger partial charge in [0.15, 0.2) is 0 Å². The molecule has 29 heavy (non-hydrogen) atoms. The van der Waals surface area contributed by atoms with Gasteiger partial charge in [0, 0.05) is 13.0 Å². The quantitative estimate of drug-likeness (QED) is 0.746. The lowest BCUT2D eigenvalue weighted by atomic mass is 10.0. The van der Waals surface area contributed by atoms with Gasteiger partial charge >= 0.3 is 5.97 Å². The third kappa shape index (κ3) is 4.95. The Hall–Kier alpha value is -2.42. The van der Waals surface area contributed by atoms with E-state index < -0.39 is 28.1 Å². The number of aryl methyl sites for hydroxylation is 2. The number of hydrogen-bond acceptors (Lipinski definition) is 5. The summed E-state index contributed by atoms with van der Waals surface area (Å²) in [5.41, 5.74) is 3.31. The molecule has 1 saturated heterocycles. The highest BCUT2D eigenvalue weighted by Crippen LogP contribution is 2.27. The number of ether oxygens (including phenoxy) is 1. The van der Waals surface area contributed by atoms with Gasteiger partial charge in [0.2, 0.25) is 10.0 Å². The minimum absolute atomic E-state index is 0.00103. The van der Waals surface area contributed by atoms with E-state index in [1.54, 1.807) is 12.1 Å². The van der Waals surface area contributed by atoms with Gasteiger partial charge in [0.1, 0.15) is 18.4 Å². The number of aliphatic carboxylic acids is 1. The van der Waals surface area contributed by atoms with E-state index in [1.807, 2.05) is 26.0 Å². The van der Waals surface area contributed by atoms with E-state index in [4.69, 9.17) is 4.74 Å². The van der Waals surface area contributed by atoms with Crippen LogP contribution in [0.4, 0.5) is 0 Å². The Labute approximate surface area is 170 Å². The molecule has 0 spiro atoms. The minimum atomic E-state index is -3.99. The zero-order valence-corrected chi connectivity index (χ0v) is 17.2. The number of piperidine rings is 1. The van der Waals surface area contributed by atoms with Gasteiger partial charge in [-0.25, -0.2) is 8.42 Å². The van der Waals surface area contributed by atoms with E-state index >= 15 is 0 Å². The summed E-state index contributed by atoms with van der Waals surface area (Å²) in [5.74, 6) is -0.743. The fourth-order valence-electron chi connectivity index (χ4n) is 3.60. The molecule has 0 bridgehead atoms. The van der Waals surface area contributed by atoms with Crippen LogP contribution in [0.2, 0.25) is 0 Å². The van der Waals surface area contributed by atoms with E-state index in [2.05, 4.69) is 6.07 Å². The maximum absolute atomic E-state index is 12.9. The summed E-state index contributed by atoms with van der Waals surface area (Å²) in [4.78, 5) is 11.5. The highest BCUT2D eigenvalue weighted by atomic mass is 32.2. The second-order valence-electron chi connectivity index (χ2n) is 7.40. The normalized spacial score (nSPS) is 20.4. The summed E-state index contributed by atoms with van der Waals surface area (Å²) in [6.45, 7) is 4.35. The number of benzene rings is 2. The Morgan fingerprint density at radius 1 is 1.14 bits per heavy atom. The lowest BCUT2D eigenvalue weighted by Crippen LogP contribution is -2.51. The fourth-order valence-corrected chi connectivity index (χ4v) is 5.21. The van der Waals surface area contributed by atoms with E-state index in [-0.39, 0.29) is 24.3 Å². The molecule has 1 aliphatic rings. The van der Waals surface area contributed by atoms with Gasteiger partial charge in [-0.2, -0.15) is 4.31 Å². The first-order chi connectivity index (χ1) is 13.7. The van der Waals surface area contributed by atoms with Gasteiger partial charge in [-0.1, -0.05) is 29.3 Å². The van der Waals surface area contributed by atoms with Crippen molar-refractivity contribution in [1.29, 1.82) is 0 Å². The molecule has 2 N–H and O–H groups in total. The molecular formula is C21H25NO6S. The number of carboxylic acids is 1. The third-order valence-corrected chi connectivity index (χ3v) is 6.85. The topological polar surface area (TPSA) is 104 Å². The summed E-state index contributed by atoms with van der Waals surface area (Å²) in [6.07, 6.45) is -0.727. The molecule has 1 aliphatic heterocycles. The number of carboxylic acid groups (broad SMARTS) is 1. The van der Waals surface area contributed by atoms with Crippen molar-refractivity contribution < 1.29 is 28.2 Å². The number of sulfonamides is 1. The molecule has 2 aromatic carbocycles. The molecule has 0 radical (unpaired) electrons. The summed E-state index contributed by atoms with van der Waals surface area (Å²) in [7, 11) is -3.99. The molecule has 2 unspecified atom stereocenters. The van der Waals surface area contributed by atoms with Crippen LogP contribution >= 0.6 is 0 Å². The van der Waals surface area contributed by atoms with Crippen molar-refractivity contribution in [3.05, 3.63) is 59.2 Å². The third-order valence-electron chi connectivity index (χ3n) is 4.93. The van der Waals surface area contributed by atoms with Crippen LogP contribution in [0.3, 0.4) is 0 Å². The molecule has 156 valence electrons. The molecule has 2 aromatic rings. The minimum Gasteiger partial charge on any atom is -0.489 e. The van der Waals surface area contributed by atoms with Crippen LogP contribution in [0.15, 0.2) is 47.4 Å². The van der Waals surface area contributed by atoms with E-state index in [0.717, 1.165) is 21.0 Å². The summed E-state index contributed by atoms with van der Waals surface area (Å²) >= 11 is 0. The molecule has 0 saturated carbocycles. The zero-order chi connectivity index (χ0) is 21.2. The number of carbonyl (C=O) groups is 1. The predicted molar refractivity (Wildman–Crippen MR) is 107 cm³/mol. The lowest BCUT2D eigenvalue weighted by molar-refractivity contribution is -0.143. The molecule has 8 heteroatoms. The van der Waals surface area contributed by atoms with E-state index in [9.17, 15) is 23.4 Å². The van der Waals surface area contributed by atoms with Gasteiger partial charge in [-0.3, -0.25) is 4.79 Å². The zero-order valence-electron chi connectivity index (χ0n) is 16.4. The van der Waals surface area contributed by atoms with Gasteiger partial charge in [0.25, 0.3) is 0 Å². The standard InChI is InChI=1S/C21H25NO6S/c1-14-9-15(2)11-16(10-14)13-28-18-3-5-19(6-4-18)29(26,27)22-8-7-17(23)12-20(22)21(24)25/h3-6,9-11,17,20,23H,7-8,12-13H2,1-2H3,(H,24,25). The van der Waals surface area contributed by atoms with Crippen LogP contribution in [0, 0.1) is 13.8 Å². The van der Waals surface area contributed by atoms with Crippen LogP contribution < -0.4 is 4.74 Å². The SMILES string of the molecule is Cc1cc(C)cc(COc2ccc(S(=O)(=O)N3CCC(O)CC3C(=O)O)cc2)c1. The van der Waals surface area contributed by atoms with Crippen LogP contribution in [0.1, 0.15) is 29.5 Å². The molecule has 0 amide bonds. The van der Waals surface area contributed by atoms with E-state index in [0.29, 0.717) is 12.4 Å². The highest BCUT2D eigenvalue weighted by molar-refractivity contribution is 7.89. The maximum atomic E-state index is 12.9. The Balaban J connectivity index is 1.73. The van der Waals surface area contributed by atoms with Crippen molar-refractivity contribution >= 4 is 16.0 Å². The van der Waals surface area contributed by atoms with E-state index in [1.165, 1.54) is 12.1 Å². The predicted octanol–water partition coefficient (Wildman–Crippen LogP) is 2.48. The van der Waals surface area contributed by atoms with Crippen molar-refractivity contribution in [3.8, 4) is 5.75 Å². The first-order valence-electron chi connectivity index (χ1n) is 9.39. The average molecular weight is 419 g/mol. The first kappa shape index (κ1) is 21.3. The van der Waals surface area contributed by atoms with Gasteiger partial charge in [0.05, 0.1) is 11.0 Å². The van der Waals surface area contributed by atoms with Crippen molar-refractivity contribution in [1.82, 2.24) is 4.31 Å². The smallest absolute Gasteiger partial charge is 0.322 e. The average Bonchev–Trinajstić information content (AvgIpc) is 2.65. The van der Waals surface area contributed by atoms with Crippen molar-refractivity contribution in [2.45, 2.75) is 50.3 Å². The van der Waals surface area contributed by atoms with Crippen molar-refractivity contribution in [2.24, 2.45) is 0 Å². The molecule has 0 aliphatic carbocycles. The number of aliphatic hydroxyl groups is 1.